The fourth-order valence-electron chi connectivity index (χ4n) is 2.32. The Bertz CT molecular complexity index is 678. The summed E-state index contributed by atoms with van der Waals surface area (Å²) in [6, 6.07) is 15.7. The zero-order chi connectivity index (χ0) is 13.9. The molecule has 0 saturated carbocycles. The number of halogens is 1. The zero-order valence-electron chi connectivity index (χ0n) is 10.8. The molecule has 20 heavy (non-hydrogen) atoms. The van der Waals surface area contributed by atoms with E-state index in [2.05, 4.69) is 33.4 Å². The first-order valence-corrected chi connectivity index (χ1v) is 7.23. The summed E-state index contributed by atoms with van der Waals surface area (Å²) in [4.78, 5) is 0. The molecule has 1 unspecified atom stereocenters. The molecular formula is C16H13BrN2O. The molecule has 1 aliphatic rings. The van der Waals surface area contributed by atoms with E-state index in [1.807, 2.05) is 36.4 Å². The van der Waals surface area contributed by atoms with E-state index in [1.54, 1.807) is 0 Å². The molecule has 1 N–H and O–H groups in total. The highest BCUT2D eigenvalue weighted by atomic mass is 79.9. The molecule has 0 fully saturated rings. The second kappa shape index (κ2) is 5.56. The molecule has 2 aromatic rings. The first kappa shape index (κ1) is 13.0. The first-order valence-electron chi connectivity index (χ1n) is 6.43. The van der Waals surface area contributed by atoms with Crippen molar-refractivity contribution in [1.29, 1.82) is 5.26 Å². The van der Waals surface area contributed by atoms with Gasteiger partial charge in [0.15, 0.2) is 0 Å². The normalized spacial score (nSPS) is 14.0. The molecule has 3 rings (SSSR count). The van der Waals surface area contributed by atoms with E-state index in [4.69, 9.17) is 4.74 Å². The molecule has 100 valence electrons. The van der Waals surface area contributed by atoms with Gasteiger partial charge < -0.3 is 10.1 Å². The molecule has 0 radical (unpaired) electrons. The number of fused-ring (bicyclic) bond motifs is 1. The molecule has 0 bridgehead atoms. The van der Waals surface area contributed by atoms with E-state index in [1.165, 1.54) is 5.56 Å². The van der Waals surface area contributed by atoms with Gasteiger partial charge in [-0.1, -0.05) is 28.1 Å². The Labute approximate surface area is 126 Å². The van der Waals surface area contributed by atoms with Crippen molar-refractivity contribution < 1.29 is 4.74 Å². The Kier molecular flexibility index (Phi) is 3.62. The first-order chi connectivity index (χ1) is 9.76. The smallest absolute Gasteiger partial charge is 0.140 e. The number of anilines is 1. The van der Waals surface area contributed by atoms with E-state index in [9.17, 15) is 5.26 Å². The summed E-state index contributed by atoms with van der Waals surface area (Å²) in [5.74, 6) is 0.938. The van der Waals surface area contributed by atoms with Crippen molar-refractivity contribution in [1.82, 2.24) is 0 Å². The highest BCUT2D eigenvalue weighted by Crippen LogP contribution is 2.29. The van der Waals surface area contributed by atoms with Crippen LogP contribution in [0.25, 0.3) is 0 Å². The van der Waals surface area contributed by atoms with Crippen molar-refractivity contribution in [3.8, 4) is 11.8 Å². The minimum absolute atomic E-state index is 0.366. The van der Waals surface area contributed by atoms with Crippen molar-refractivity contribution in [2.45, 2.75) is 12.5 Å². The Morgan fingerprint density at radius 2 is 2.15 bits per heavy atom. The van der Waals surface area contributed by atoms with Crippen molar-refractivity contribution in [2.75, 3.05) is 11.9 Å². The summed E-state index contributed by atoms with van der Waals surface area (Å²) >= 11 is 3.43. The summed E-state index contributed by atoms with van der Waals surface area (Å²) in [5, 5.41) is 12.6. The third-order valence-electron chi connectivity index (χ3n) is 3.31. The van der Waals surface area contributed by atoms with Crippen LogP contribution in [-0.4, -0.2) is 6.61 Å². The van der Waals surface area contributed by atoms with Gasteiger partial charge in [-0.25, -0.2) is 0 Å². The second-order valence-corrected chi connectivity index (χ2v) is 5.60. The molecule has 0 spiro atoms. The molecule has 3 nitrogen and oxygen atoms in total. The number of nitrogens with zero attached hydrogens (tertiary/aromatic N) is 1. The molecule has 0 amide bonds. The van der Waals surface area contributed by atoms with Gasteiger partial charge in [0.05, 0.1) is 12.7 Å². The van der Waals surface area contributed by atoms with Crippen LogP contribution in [0.3, 0.4) is 0 Å². The fourth-order valence-corrected chi connectivity index (χ4v) is 2.72. The molecule has 1 atom stereocenters. The predicted molar refractivity (Wildman–Crippen MR) is 81.8 cm³/mol. The number of ether oxygens (including phenoxy) is 1. The Balaban J connectivity index is 1.85. The van der Waals surface area contributed by atoms with E-state index < -0.39 is 0 Å². The maximum atomic E-state index is 9.40. The summed E-state index contributed by atoms with van der Waals surface area (Å²) in [6.45, 7) is 0.731. The second-order valence-electron chi connectivity index (χ2n) is 4.68. The monoisotopic (exact) mass is 328 g/mol. The van der Waals surface area contributed by atoms with Gasteiger partial charge in [-0.05, 0) is 41.5 Å². The fraction of sp³-hybridized carbons (Fsp3) is 0.188. The molecular weight excluding hydrogens is 316 g/mol. The number of nitriles is 1. The summed E-state index contributed by atoms with van der Waals surface area (Å²) in [5.41, 5.74) is 3.07. The minimum Gasteiger partial charge on any atom is -0.493 e. The van der Waals surface area contributed by atoms with Crippen molar-refractivity contribution in [2.24, 2.45) is 0 Å². The summed E-state index contributed by atoms with van der Waals surface area (Å²) < 4.78 is 6.48. The van der Waals surface area contributed by atoms with Crippen molar-refractivity contribution in [3.63, 3.8) is 0 Å². The van der Waals surface area contributed by atoms with Gasteiger partial charge in [-0.15, -0.1) is 0 Å². The van der Waals surface area contributed by atoms with Gasteiger partial charge in [-0.3, -0.25) is 0 Å². The number of hydrogen-bond acceptors (Lipinski definition) is 3. The van der Waals surface area contributed by atoms with Gasteiger partial charge in [0.2, 0.25) is 0 Å². The van der Waals surface area contributed by atoms with Crippen LogP contribution in [0.2, 0.25) is 0 Å². The highest BCUT2D eigenvalue weighted by molar-refractivity contribution is 9.10. The third kappa shape index (κ3) is 2.63. The molecule has 0 aliphatic carbocycles. The number of nitrogens with one attached hydrogen (secondary N) is 1. The molecule has 2 aromatic carbocycles. The lowest BCUT2D eigenvalue weighted by molar-refractivity contribution is 0.357. The van der Waals surface area contributed by atoms with Gasteiger partial charge in [0.25, 0.3) is 0 Å². The number of rotatable bonds is 3. The minimum atomic E-state index is -0.366. The maximum Gasteiger partial charge on any atom is 0.140 e. The van der Waals surface area contributed by atoms with Gasteiger partial charge in [0, 0.05) is 16.6 Å². The summed E-state index contributed by atoms with van der Waals surface area (Å²) in [7, 11) is 0. The Morgan fingerprint density at radius 1 is 1.25 bits per heavy atom. The average molecular weight is 329 g/mol. The third-order valence-corrected chi connectivity index (χ3v) is 3.80. The number of benzene rings is 2. The van der Waals surface area contributed by atoms with Gasteiger partial charge in [0.1, 0.15) is 11.8 Å². The maximum absolute atomic E-state index is 9.40. The molecule has 1 heterocycles. The van der Waals surface area contributed by atoms with Crippen LogP contribution in [-0.2, 0) is 6.42 Å². The van der Waals surface area contributed by atoms with Crippen molar-refractivity contribution in [3.05, 3.63) is 58.1 Å². The highest BCUT2D eigenvalue weighted by Gasteiger charge is 2.16. The van der Waals surface area contributed by atoms with Crippen molar-refractivity contribution >= 4 is 21.6 Å². The van der Waals surface area contributed by atoms with Gasteiger partial charge >= 0.3 is 0 Å². The van der Waals surface area contributed by atoms with Crippen LogP contribution in [0.1, 0.15) is 17.2 Å². The number of hydrogen-bond donors (Lipinski definition) is 1. The predicted octanol–water partition coefficient (Wildman–Crippen LogP) is 4.06. The Morgan fingerprint density at radius 3 is 2.95 bits per heavy atom. The molecule has 4 heteroatoms. The average Bonchev–Trinajstić information content (AvgIpc) is 2.92. The Hall–Kier alpha value is -1.99. The topological polar surface area (TPSA) is 45.0 Å². The van der Waals surface area contributed by atoms with Crippen LogP contribution < -0.4 is 10.1 Å². The SMILES string of the molecule is N#CC(Nc1cccc(Br)c1)c1ccc2c(c1)CCO2. The largest absolute Gasteiger partial charge is 0.493 e. The zero-order valence-corrected chi connectivity index (χ0v) is 12.4. The van der Waals surface area contributed by atoms with Crippen LogP contribution in [0.15, 0.2) is 46.9 Å². The summed E-state index contributed by atoms with van der Waals surface area (Å²) in [6.07, 6.45) is 0.915. The molecule has 1 aliphatic heterocycles. The molecule has 0 aromatic heterocycles. The van der Waals surface area contributed by atoms with Crippen LogP contribution in [0.4, 0.5) is 5.69 Å². The van der Waals surface area contributed by atoms with E-state index in [0.29, 0.717) is 0 Å². The molecule has 0 saturated heterocycles. The van der Waals surface area contributed by atoms with E-state index >= 15 is 0 Å². The van der Waals surface area contributed by atoms with E-state index in [-0.39, 0.29) is 6.04 Å². The van der Waals surface area contributed by atoms with Gasteiger partial charge in [-0.2, -0.15) is 5.26 Å². The van der Waals surface area contributed by atoms with Crippen LogP contribution in [0, 0.1) is 11.3 Å². The quantitative estimate of drug-likeness (QED) is 0.924. The van der Waals surface area contributed by atoms with E-state index in [0.717, 1.165) is 34.5 Å². The lowest BCUT2D eigenvalue weighted by atomic mass is 10.0. The standard InChI is InChI=1S/C16H13BrN2O/c17-13-2-1-3-14(9-13)19-15(10-18)11-4-5-16-12(8-11)6-7-20-16/h1-5,8-9,15,19H,6-7H2. The van der Waals surface area contributed by atoms with Crippen LogP contribution >= 0.6 is 15.9 Å². The van der Waals surface area contributed by atoms with Crippen LogP contribution in [0.5, 0.6) is 5.75 Å². The lowest BCUT2D eigenvalue weighted by Crippen LogP contribution is -2.08. The lowest BCUT2D eigenvalue weighted by Gasteiger charge is -2.14.